The lowest BCUT2D eigenvalue weighted by atomic mass is 10.1. The lowest BCUT2D eigenvalue weighted by molar-refractivity contribution is -0.384. The number of fused-ring (bicyclic) bond motifs is 1. The van der Waals surface area contributed by atoms with Crippen LogP contribution in [0.15, 0.2) is 89.8 Å². The molecule has 0 aliphatic heterocycles. The molecule has 0 aliphatic carbocycles. The SMILES string of the molecule is Cc1ccc([N+](=O)[O-])cc1NC(=O)CSc1cccc(NC(=O)c2ccc3ccccc3c2)c1. The van der Waals surface area contributed by atoms with E-state index in [1.54, 1.807) is 37.3 Å². The molecule has 4 aromatic carbocycles. The molecular weight excluding hydrogens is 450 g/mol. The summed E-state index contributed by atoms with van der Waals surface area (Å²) in [5, 5.41) is 18.7. The number of aryl methyl sites for hydroxylation is 1. The second-order valence-electron chi connectivity index (χ2n) is 7.64. The van der Waals surface area contributed by atoms with Gasteiger partial charge in [-0.3, -0.25) is 19.7 Å². The summed E-state index contributed by atoms with van der Waals surface area (Å²) in [6.07, 6.45) is 0. The van der Waals surface area contributed by atoms with Gasteiger partial charge in [-0.25, -0.2) is 0 Å². The van der Waals surface area contributed by atoms with Crippen LogP contribution in [0, 0.1) is 17.0 Å². The van der Waals surface area contributed by atoms with Gasteiger partial charge >= 0.3 is 0 Å². The Balaban J connectivity index is 1.37. The minimum absolute atomic E-state index is 0.0802. The third-order valence-electron chi connectivity index (χ3n) is 5.18. The molecule has 0 atom stereocenters. The van der Waals surface area contributed by atoms with E-state index in [-0.39, 0.29) is 23.3 Å². The monoisotopic (exact) mass is 471 g/mol. The van der Waals surface area contributed by atoms with Gasteiger partial charge in [0.25, 0.3) is 11.6 Å². The molecule has 0 spiro atoms. The first kappa shape index (κ1) is 23.0. The van der Waals surface area contributed by atoms with Gasteiger partial charge < -0.3 is 10.6 Å². The number of hydrogen-bond donors (Lipinski definition) is 2. The fourth-order valence-corrected chi connectivity index (χ4v) is 4.15. The van der Waals surface area contributed by atoms with Crippen molar-refractivity contribution >= 4 is 51.4 Å². The lowest BCUT2D eigenvalue weighted by Gasteiger charge is -2.10. The molecule has 8 heteroatoms. The first-order valence-corrected chi connectivity index (χ1v) is 11.5. The summed E-state index contributed by atoms with van der Waals surface area (Å²) in [6, 6.07) is 25.0. The summed E-state index contributed by atoms with van der Waals surface area (Å²) in [6.45, 7) is 1.77. The van der Waals surface area contributed by atoms with Crippen LogP contribution in [-0.4, -0.2) is 22.5 Å². The van der Waals surface area contributed by atoms with Crippen LogP contribution in [0.2, 0.25) is 0 Å². The number of nitro groups is 1. The molecule has 170 valence electrons. The summed E-state index contributed by atoms with van der Waals surface area (Å²) in [4.78, 5) is 36.4. The van der Waals surface area contributed by atoms with Crippen molar-refractivity contribution in [3.05, 3.63) is 106 Å². The number of hydrogen-bond acceptors (Lipinski definition) is 5. The molecule has 0 saturated heterocycles. The molecule has 0 fully saturated rings. The zero-order valence-corrected chi connectivity index (χ0v) is 19.1. The first-order chi connectivity index (χ1) is 16.4. The van der Waals surface area contributed by atoms with Crippen molar-refractivity contribution in [2.24, 2.45) is 0 Å². The molecule has 4 aromatic rings. The number of rotatable bonds is 7. The number of anilines is 2. The summed E-state index contributed by atoms with van der Waals surface area (Å²) in [7, 11) is 0. The van der Waals surface area contributed by atoms with Crippen molar-refractivity contribution in [1.82, 2.24) is 0 Å². The molecule has 0 bridgehead atoms. The Labute approximate surface area is 200 Å². The molecular formula is C26H21N3O4S. The number of nitrogens with one attached hydrogen (secondary N) is 2. The van der Waals surface area contributed by atoms with Crippen molar-refractivity contribution in [1.29, 1.82) is 0 Å². The highest BCUT2D eigenvalue weighted by Crippen LogP contribution is 2.25. The van der Waals surface area contributed by atoms with Crippen molar-refractivity contribution in [3.63, 3.8) is 0 Å². The number of benzene rings is 4. The van der Waals surface area contributed by atoms with Gasteiger partial charge in [0, 0.05) is 28.3 Å². The quantitative estimate of drug-likeness (QED) is 0.194. The Morgan fingerprint density at radius 1 is 0.882 bits per heavy atom. The molecule has 34 heavy (non-hydrogen) atoms. The van der Waals surface area contributed by atoms with Crippen LogP contribution in [-0.2, 0) is 4.79 Å². The predicted molar refractivity (Wildman–Crippen MR) is 136 cm³/mol. The van der Waals surface area contributed by atoms with Crippen LogP contribution in [0.25, 0.3) is 10.8 Å². The van der Waals surface area contributed by atoms with Gasteiger partial charge in [0.05, 0.1) is 16.4 Å². The van der Waals surface area contributed by atoms with Gasteiger partial charge in [-0.05, 0) is 53.6 Å². The normalized spacial score (nSPS) is 10.6. The Morgan fingerprint density at radius 3 is 2.47 bits per heavy atom. The maximum atomic E-state index is 12.7. The van der Waals surface area contributed by atoms with Gasteiger partial charge in [-0.15, -0.1) is 11.8 Å². The van der Waals surface area contributed by atoms with E-state index in [1.165, 1.54) is 23.9 Å². The number of amides is 2. The van der Waals surface area contributed by atoms with Gasteiger partial charge in [0.15, 0.2) is 0 Å². The van der Waals surface area contributed by atoms with E-state index < -0.39 is 4.92 Å². The van der Waals surface area contributed by atoms with E-state index in [4.69, 9.17) is 0 Å². The second-order valence-corrected chi connectivity index (χ2v) is 8.69. The van der Waals surface area contributed by atoms with Crippen LogP contribution < -0.4 is 10.6 Å². The molecule has 2 N–H and O–H groups in total. The van der Waals surface area contributed by atoms with Crippen LogP contribution in [0.4, 0.5) is 17.1 Å². The van der Waals surface area contributed by atoms with Crippen molar-refractivity contribution in [2.45, 2.75) is 11.8 Å². The zero-order chi connectivity index (χ0) is 24.1. The fourth-order valence-electron chi connectivity index (χ4n) is 3.39. The Kier molecular flexibility index (Phi) is 6.89. The average Bonchev–Trinajstić information content (AvgIpc) is 2.84. The molecule has 0 aromatic heterocycles. The smallest absolute Gasteiger partial charge is 0.271 e. The van der Waals surface area contributed by atoms with Crippen LogP contribution in [0.5, 0.6) is 0 Å². The molecule has 0 aliphatic rings. The third kappa shape index (κ3) is 5.60. The molecule has 7 nitrogen and oxygen atoms in total. The molecule has 0 radical (unpaired) electrons. The van der Waals surface area contributed by atoms with E-state index in [1.807, 2.05) is 42.5 Å². The second kappa shape index (κ2) is 10.2. The standard InChI is InChI=1S/C26H21N3O4S/c1-17-9-12-22(29(32)33)15-24(17)28-25(30)16-34-23-8-4-7-21(14-23)27-26(31)20-11-10-18-5-2-3-6-19(18)13-20/h2-15H,16H2,1H3,(H,27,31)(H,28,30). The molecule has 2 amide bonds. The summed E-state index contributed by atoms with van der Waals surface area (Å²) in [5.41, 5.74) is 2.25. The lowest BCUT2D eigenvalue weighted by Crippen LogP contribution is -2.15. The zero-order valence-electron chi connectivity index (χ0n) is 18.3. The van der Waals surface area contributed by atoms with E-state index in [0.29, 0.717) is 16.9 Å². The predicted octanol–water partition coefficient (Wildman–Crippen LogP) is 6.04. The van der Waals surface area contributed by atoms with E-state index >= 15 is 0 Å². The van der Waals surface area contributed by atoms with Gasteiger partial charge in [0.1, 0.15) is 0 Å². The number of nitrogens with zero attached hydrogens (tertiary/aromatic N) is 1. The molecule has 0 unspecified atom stereocenters. The third-order valence-corrected chi connectivity index (χ3v) is 6.17. The van der Waals surface area contributed by atoms with Crippen LogP contribution >= 0.6 is 11.8 Å². The Morgan fingerprint density at radius 2 is 1.68 bits per heavy atom. The highest BCUT2D eigenvalue weighted by Gasteiger charge is 2.12. The van der Waals surface area contributed by atoms with Crippen molar-refractivity contribution < 1.29 is 14.5 Å². The molecule has 4 rings (SSSR count). The Bertz CT molecular complexity index is 1400. The topological polar surface area (TPSA) is 101 Å². The van der Waals surface area contributed by atoms with E-state index in [2.05, 4.69) is 10.6 Å². The highest BCUT2D eigenvalue weighted by molar-refractivity contribution is 8.00. The molecule has 0 heterocycles. The van der Waals surface area contributed by atoms with E-state index in [0.717, 1.165) is 21.2 Å². The number of carbonyl (C=O) groups excluding carboxylic acids is 2. The number of non-ortho nitro benzene ring substituents is 1. The summed E-state index contributed by atoms with van der Waals surface area (Å²) >= 11 is 1.31. The van der Waals surface area contributed by atoms with Crippen LogP contribution in [0.1, 0.15) is 15.9 Å². The van der Waals surface area contributed by atoms with E-state index in [9.17, 15) is 19.7 Å². The Hall–Kier alpha value is -4.17. The van der Waals surface area contributed by atoms with Gasteiger partial charge in [-0.2, -0.15) is 0 Å². The summed E-state index contributed by atoms with van der Waals surface area (Å²) < 4.78 is 0. The number of carbonyl (C=O) groups is 2. The van der Waals surface area contributed by atoms with Crippen molar-refractivity contribution in [2.75, 3.05) is 16.4 Å². The number of nitro benzene ring substituents is 1. The van der Waals surface area contributed by atoms with Gasteiger partial charge in [-0.1, -0.05) is 42.5 Å². The highest BCUT2D eigenvalue weighted by atomic mass is 32.2. The first-order valence-electron chi connectivity index (χ1n) is 10.5. The summed E-state index contributed by atoms with van der Waals surface area (Å²) in [5.74, 6) is -0.379. The molecule has 0 saturated carbocycles. The fraction of sp³-hybridized carbons (Fsp3) is 0.0769. The average molecular weight is 472 g/mol. The number of thioether (sulfide) groups is 1. The van der Waals surface area contributed by atoms with Gasteiger partial charge in [0.2, 0.25) is 5.91 Å². The largest absolute Gasteiger partial charge is 0.325 e. The minimum Gasteiger partial charge on any atom is -0.325 e. The van der Waals surface area contributed by atoms with Crippen LogP contribution in [0.3, 0.4) is 0 Å². The van der Waals surface area contributed by atoms with Crippen molar-refractivity contribution in [3.8, 4) is 0 Å². The maximum absolute atomic E-state index is 12.7. The minimum atomic E-state index is -0.498. The maximum Gasteiger partial charge on any atom is 0.271 e.